The maximum Gasteiger partial charge on any atom is 0.295 e. The number of carbonyl (C=O) groups is 2. The van der Waals surface area contributed by atoms with Crippen molar-refractivity contribution < 1.29 is 14.7 Å². The number of H-pyrrole nitrogens is 1. The first-order chi connectivity index (χ1) is 16.0. The molecule has 1 atom stereocenters. The number of fused-ring (bicyclic) bond motifs is 1. The van der Waals surface area contributed by atoms with Crippen LogP contribution in [0.5, 0.6) is 0 Å². The fourth-order valence-electron chi connectivity index (χ4n) is 4.49. The molecule has 1 fully saturated rings. The fourth-order valence-corrected chi connectivity index (χ4v) is 5.54. The SMILES string of the molecule is Cc1ccc(/C(O)=C2/C(=O)C(=O)N(CCc3c[nH]c4ccccc34)C2c2sccc2C)cc1. The number of hydrogen-bond acceptors (Lipinski definition) is 4. The molecule has 0 saturated carbocycles. The Morgan fingerprint density at radius 3 is 2.55 bits per heavy atom. The molecule has 166 valence electrons. The van der Waals surface area contributed by atoms with Gasteiger partial charge < -0.3 is 15.0 Å². The molecule has 5 rings (SSSR count). The van der Waals surface area contributed by atoms with Gasteiger partial charge in [0.05, 0.1) is 11.6 Å². The summed E-state index contributed by atoms with van der Waals surface area (Å²) in [4.78, 5) is 32.1. The maximum absolute atomic E-state index is 13.2. The van der Waals surface area contributed by atoms with Gasteiger partial charge in [-0.2, -0.15) is 0 Å². The van der Waals surface area contributed by atoms with Gasteiger partial charge in [-0.05, 0) is 48.9 Å². The highest BCUT2D eigenvalue weighted by Gasteiger charge is 2.46. The van der Waals surface area contributed by atoms with Gasteiger partial charge in [0, 0.05) is 34.1 Å². The summed E-state index contributed by atoms with van der Waals surface area (Å²) in [6, 6.07) is 16.7. The van der Waals surface area contributed by atoms with E-state index in [0.29, 0.717) is 18.5 Å². The predicted molar refractivity (Wildman–Crippen MR) is 131 cm³/mol. The van der Waals surface area contributed by atoms with Crippen LogP contribution in [0.4, 0.5) is 0 Å². The molecule has 2 N–H and O–H groups in total. The lowest BCUT2D eigenvalue weighted by atomic mass is 9.98. The molecule has 0 aliphatic carbocycles. The monoisotopic (exact) mass is 456 g/mol. The highest BCUT2D eigenvalue weighted by Crippen LogP contribution is 2.42. The molecule has 1 aliphatic rings. The third-order valence-corrected chi connectivity index (χ3v) is 7.38. The molecule has 1 unspecified atom stereocenters. The number of hydrogen-bond donors (Lipinski definition) is 2. The van der Waals surface area contributed by atoms with Crippen molar-refractivity contribution in [2.75, 3.05) is 6.54 Å². The number of aromatic nitrogens is 1. The molecule has 0 spiro atoms. The highest BCUT2D eigenvalue weighted by molar-refractivity contribution is 7.10. The number of nitrogens with zero attached hydrogens (tertiary/aromatic N) is 1. The lowest BCUT2D eigenvalue weighted by Crippen LogP contribution is -2.31. The summed E-state index contributed by atoms with van der Waals surface area (Å²) in [5.74, 6) is -1.33. The van der Waals surface area contributed by atoms with Crippen molar-refractivity contribution in [3.63, 3.8) is 0 Å². The van der Waals surface area contributed by atoms with E-state index >= 15 is 0 Å². The van der Waals surface area contributed by atoms with Gasteiger partial charge in [0.1, 0.15) is 5.76 Å². The van der Waals surface area contributed by atoms with E-state index in [1.165, 1.54) is 11.3 Å². The van der Waals surface area contributed by atoms with Gasteiger partial charge in [-0.3, -0.25) is 9.59 Å². The normalized spacial score (nSPS) is 17.9. The van der Waals surface area contributed by atoms with Gasteiger partial charge in [0.15, 0.2) is 0 Å². The number of aliphatic hydroxyl groups excluding tert-OH is 1. The Kier molecular flexibility index (Phi) is 5.38. The van der Waals surface area contributed by atoms with Gasteiger partial charge >= 0.3 is 0 Å². The lowest BCUT2D eigenvalue weighted by Gasteiger charge is -2.25. The minimum atomic E-state index is -0.634. The molecular formula is C27H24N2O3S. The second kappa shape index (κ2) is 8.37. The van der Waals surface area contributed by atoms with E-state index in [4.69, 9.17) is 0 Å². The molecule has 5 nitrogen and oxygen atoms in total. The molecule has 33 heavy (non-hydrogen) atoms. The van der Waals surface area contributed by atoms with Gasteiger partial charge in [-0.25, -0.2) is 0 Å². The number of ketones is 1. The smallest absolute Gasteiger partial charge is 0.295 e. The van der Waals surface area contributed by atoms with Crippen molar-refractivity contribution in [2.24, 2.45) is 0 Å². The Morgan fingerprint density at radius 2 is 1.82 bits per heavy atom. The summed E-state index contributed by atoms with van der Waals surface area (Å²) in [5.41, 5.74) is 4.88. The number of aromatic amines is 1. The number of Topliss-reactive ketones (excluding diaryl/α,β-unsaturated/α-hetero) is 1. The second-order valence-corrected chi connectivity index (χ2v) is 9.38. The van der Waals surface area contributed by atoms with Crippen LogP contribution >= 0.6 is 11.3 Å². The first kappa shape index (κ1) is 21.2. The van der Waals surface area contributed by atoms with Crippen LogP contribution in [-0.4, -0.2) is 33.2 Å². The van der Waals surface area contributed by atoms with E-state index in [1.807, 2.05) is 67.9 Å². The summed E-state index contributed by atoms with van der Waals surface area (Å²) in [6.45, 7) is 4.30. The van der Waals surface area contributed by atoms with Gasteiger partial charge in [0.2, 0.25) is 0 Å². The van der Waals surface area contributed by atoms with Crippen LogP contribution in [0, 0.1) is 13.8 Å². The number of nitrogens with one attached hydrogen (secondary N) is 1. The second-order valence-electron chi connectivity index (χ2n) is 8.44. The number of amides is 1. The number of aliphatic hydroxyl groups is 1. The Bertz CT molecular complexity index is 1390. The summed E-state index contributed by atoms with van der Waals surface area (Å²) >= 11 is 1.50. The first-order valence-electron chi connectivity index (χ1n) is 10.9. The van der Waals surface area contributed by atoms with E-state index in [9.17, 15) is 14.7 Å². The van der Waals surface area contributed by atoms with Crippen LogP contribution in [0.3, 0.4) is 0 Å². The Hall–Kier alpha value is -3.64. The van der Waals surface area contributed by atoms with E-state index < -0.39 is 17.7 Å². The zero-order chi connectivity index (χ0) is 23.1. The minimum absolute atomic E-state index is 0.124. The van der Waals surface area contributed by atoms with Crippen LogP contribution < -0.4 is 0 Å². The molecule has 6 heteroatoms. The molecule has 4 aromatic rings. The van der Waals surface area contributed by atoms with Gasteiger partial charge in [-0.1, -0.05) is 48.0 Å². The third-order valence-electron chi connectivity index (χ3n) is 6.31. The molecule has 1 saturated heterocycles. The van der Waals surface area contributed by atoms with Crippen molar-refractivity contribution in [2.45, 2.75) is 26.3 Å². The third kappa shape index (κ3) is 3.66. The van der Waals surface area contributed by atoms with E-state index in [1.54, 1.807) is 17.0 Å². The summed E-state index contributed by atoms with van der Waals surface area (Å²) in [5, 5.41) is 14.2. The van der Waals surface area contributed by atoms with Crippen LogP contribution in [0.25, 0.3) is 16.7 Å². The number of likely N-dealkylation sites (tertiary alicyclic amines) is 1. The van der Waals surface area contributed by atoms with Crippen molar-refractivity contribution >= 4 is 39.7 Å². The number of aryl methyl sites for hydroxylation is 2. The van der Waals surface area contributed by atoms with Crippen molar-refractivity contribution in [3.05, 3.63) is 98.9 Å². The van der Waals surface area contributed by atoms with Crippen molar-refractivity contribution in [1.82, 2.24) is 9.88 Å². The summed E-state index contributed by atoms with van der Waals surface area (Å²) < 4.78 is 0. The molecule has 1 amide bonds. The molecule has 0 bridgehead atoms. The fraction of sp³-hybridized carbons (Fsp3) is 0.185. The topological polar surface area (TPSA) is 73.4 Å². The number of benzene rings is 2. The zero-order valence-electron chi connectivity index (χ0n) is 18.5. The average Bonchev–Trinajstić information content (AvgIpc) is 3.49. The van der Waals surface area contributed by atoms with E-state index in [-0.39, 0.29) is 11.3 Å². The molecular weight excluding hydrogens is 432 g/mol. The minimum Gasteiger partial charge on any atom is -0.507 e. The van der Waals surface area contributed by atoms with Crippen LogP contribution in [0.1, 0.15) is 33.2 Å². The van der Waals surface area contributed by atoms with Crippen molar-refractivity contribution in [3.8, 4) is 0 Å². The predicted octanol–water partition coefficient (Wildman–Crippen LogP) is 5.51. The Morgan fingerprint density at radius 1 is 1.06 bits per heavy atom. The number of para-hydroxylation sites is 1. The van der Waals surface area contributed by atoms with E-state index in [0.717, 1.165) is 32.5 Å². The highest BCUT2D eigenvalue weighted by atomic mass is 32.1. The van der Waals surface area contributed by atoms with Crippen LogP contribution in [0.15, 0.2) is 71.7 Å². The molecule has 3 heterocycles. The summed E-state index contributed by atoms with van der Waals surface area (Å²) in [6.07, 6.45) is 2.56. The number of carbonyl (C=O) groups excluding carboxylic acids is 2. The number of rotatable bonds is 5. The van der Waals surface area contributed by atoms with Crippen molar-refractivity contribution in [1.29, 1.82) is 0 Å². The lowest BCUT2D eigenvalue weighted by molar-refractivity contribution is -0.139. The summed E-state index contributed by atoms with van der Waals surface area (Å²) in [7, 11) is 0. The van der Waals surface area contributed by atoms with E-state index in [2.05, 4.69) is 4.98 Å². The largest absolute Gasteiger partial charge is 0.507 e. The Labute approximate surface area is 196 Å². The van der Waals surface area contributed by atoms with Crippen LogP contribution in [0.2, 0.25) is 0 Å². The first-order valence-corrected chi connectivity index (χ1v) is 11.8. The molecule has 0 radical (unpaired) electrons. The quantitative estimate of drug-likeness (QED) is 0.236. The molecule has 1 aliphatic heterocycles. The van der Waals surface area contributed by atoms with Gasteiger partial charge in [0.25, 0.3) is 11.7 Å². The molecule has 2 aromatic heterocycles. The van der Waals surface area contributed by atoms with Crippen LogP contribution in [-0.2, 0) is 16.0 Å². The maximum atomic E-state index is 13.2. The standard InChI is InChI=1S/C27H24N2O3S/c1-16-7-9-18(10-8-16)24(30)22-23(26-17(2)12-14-33-26)29(27(32)25(22)31)13-11-19-15-28-21-6-4-3-5-20(19)21/h3-10,12,14-15,23,28,30H,11,13H2,1-2H3/b24-22-. The average molecular weight is 457 g/mol. The zero-order valence-corrected chi connectivity index (χ0v) is 19.3. The Balaban J connectivity index is 1.56. The molecule has 2 aromatic carbocycles. The van der Waals surface area contributed by atoms with Gasteiger partial charge in [-0.15, -0.1) is 11.3 Å². The number of thiophene rings is 1.